The van der Waals surface area contributed by atoms with Crippen LogP contribution in [0.5, 0.6) is 0 Å². The molecule has 4 rings (SSSR count). The quantitative estimate of drug-likeness (QED) is 0.474. The van der Waals surface area contributed by atoms with Crippen LogP contribution in [0.3, 0.4) is 0 Å². The summed E-state index contributed by atoms with van der Waals surface area (Å²) in [4.78, 5) is 12.7. The standard InChI is InChI=1S/C23H20N2O4S/c1-2-24-18-13-12-17-14-21(29-20(17)15-18)23(26)25-30(27,28)22-11-7-6-10-19(22)16-8-4-3-5-9-16/h3-15,24H,2H2,1H3,(H,25,26). The molecule has 0 saturated carbocycles. The zero-order chi connectivity index (χ0) is 21.1. The Morgan fingerprint density at radius 2 is 1.67 bits per heavy atom. The van der Waals surface area contributed by atoms with Gasteiger partial charge in [0, 0.05) is 29.2 Å². The predicted octanol–water partition coefficient (Wildman–Crippen LogP) is 4.65. The average Bonchev–Trinajstić information content (AvgIpc) is 3.18. The smallest absolute Gasteiger partial charge is 0.300 e. The van der Waals surface area contributed by atoms with Crippen molar-refractivity contribution in [3.63, 3.8) is 0 Å². The third-order valence-electron chi connectivity index (χ3n) is 4.61. The van der Waals surface area contributed by atoms with E-state index in [9.17, 15) is 13.2 Å². The van der Waals surface area contributed by atoms with Crippen LogP contribution in [0.1, 0.15) is 17.5 Å². The van der Waals surface area contributed by atoms with Gasteiger partial charge < -0.3 is 9.73 Å². The van der Waals surface area contributed by atoms with Crippen LogP contribution >= 0.6 is 0 Å². The molecule has 1 heterocycles. The van der Waals surface area contributed by atoms with Gasteiger partial charge in [0.25, 0.3) is 10.0 Å². The number of anilines is 1. The normalized spacial score (nSPS) is 11.4. The average molecular weight is 420 g/mol. The van der Waals surface area contributed by atoms with E-state index in [1.165, 1.54) is 12.1 Å². The highest BCUT2D eigenvalue weighted by molar-refractivity contribution is 7.90. The minimum absolute atomic E-state index is 0.0232. The summed E-state index contributed by atoms with van der Waals surface area (Å²) in [6.07, 6.45) is 0. The molecule has 3 aromatic carbocycles. The number of hydrogen-bond acceptors (Lipinski definition) is 5. The van der Waals surface area contributed by atoms with Crippen molar-refractivity contribution in [1.82, 2.24) is 4.72 Å². The zero-order valence-corrected chi connectivity index (χ0v) is 17.1. The van der Waals surface area contributed by atoms with E-state index >= 15 is 0 Å². The van der Waals surface area contributed by atoms with E-state index in [2.05, 4.69) is 10.0 Å². The summed E-state index contributed by atoms with van der Waals surface area (Å²) in [6, 6.07) is 22.7. The topological polar surface area (TPSA) is 88.4 Å². The van der Waals surface area contributed by atoms with Gasteiger partial charge in [-0.15, -0.1) is 0 Å². The van der Waals surface area contributed by atoms with Gasteiger partial charge in [0.1, 0.15) is 5.58 Å². The summed E-state index contributed by atoms with van der Waals surface area (Å²) >= 11 is 0. The number of hydrogen-bond donors (Lipinski definition) is 2. The number of amides is 1. The number of carbonyl (C=O) groups excluding carboxylic acids is 1. The summed E-state index contributed by atoms with van der Waals surface area (Å²) in [5, 5.41) is 3.88. The Kier molecular flexibility index (Phi) is 5.29. The fourth-order valence-corrected chi connectivity index (χ4v) is 4.43. The van der Waals surface area contributed by atoms with Crippen LogP contribution in [0.25, 0.3) is 22.1 Å². The summed E-state index contributed by atoms with van der Waals surface area (Å²) in [6.45, 7) is 2.72. The van der Waals surface area contributed by atoms with Crippen molar-refractivity contribution < 1.29 is 17.6 Å². The number of sulfonamides is 1. The highest BCUT2D eigenvalue weighted by atomic mass is 32.2. The minimum Gasteiger partial charge on any atom is -0.451 e. The summed E-state index contributed by atoms with van der Waals surface area (Å²) in [5.41, 5.74) is 2.61. The lowest BCUT2D eigenvalue weighted by molar-refractivity contribution is 0.0956. The van der Waals surface area contributed by atoms with Gasteiger partial charge in [-0.3, -0.25) is 4.79 Å². The van der Waals surface area contributed by atoms with Crippen LogP contribution < -0.4 is 10.0 Å². The van der Waals surface area contributed by atoms with Crippen LogP contribution in [0.2, 0.25) is 0 Å². The molecular formula is C23H20N2O4S. The molecule has 0 saturated heterocycles. The van der Waals surface area contributed by atoms with E-state index in [0.717, 1.165) is 17.8 Å². The highest BCUT2D eigenvalue weighted by Gasteiger charge is 2.24. The molecule has 6 nitrogen and oxygen atoms in total. The van der Waals surface area contributed by atoms with Crippen LogP contribution in [-0.4, -0.2) is 20.9 Å². The number of carbonyl (C=O) groups is 1. The molecular weight excluding hydrogens is 400 g/mol. The Morgan fingerprint density at radius 1 is 0.933 bits per heavy atom. The second-order valence-electron chi connectivity index (χ2n) is 6.69. The van der Waals surface area contributed by atoms with Gasteiger partial charge in [0.15, 0.2) is 5.76 Å². The van der Waals surface area contributed by atoms with E-state index in [4.69, 9.17) is 4.42 Å². The van der Waals surface area contributed by atoms with Crippen molar-refractivity contribution in [3.05, 3.63) is 84.6 Å². The molecule has 0 aliphatic carbocycles. The first kappa shape index (κ1) is 19.7. The van der Waals surface area contributed by atoms with Gasteiger partial charge in [-0.2, -0.15) is 0 Å². The number of fused-ring (bicyclic) bond motifs is 1. The number of rotatable bonds is 6. The van der Waals surface area contributed by atoms with E-state index < -0.39 is 15.9 Å². The molecule has 0 bridgehead atoms. The third kappa shape index (κ3) is 3.92. The Morgan fingerprint density at radius 3 is 2.43 bits per heavy atom. The maximum atomic E-state index is 13.0. The first-order valence-corrected chi connectivity index (χ1v) is 11.0. The van der Waals surface area contributed by atoms with Gasteiger partial charge in [-0.1, -0.05) is 48.5 Å². The largest absolute Gasteiger partial charge is 0.451 e. The lowest BCUT2D eigenvalue weighted by Crippen LogP contribution is -2.30. The molecule has 4 aromatic rings. The molecule has 0 fully saturated rings. The minimum atomic E-state index is -4.11. The highest BCUT2D eigenvalue weighted by Crippen LogP contribution is 2.28. The SMILES string of the molecule is CCNc1ccc2cc(C(=O)NS(=O)(=O)c3ccccc3-c3ccccc3)oc2c1. The first-order chi connectivity index (χ1) is 14.5. The van der Waals surface area contributed by atoms with Gasteiger partial charge >= 0.3 is 5.91 Å². The monoisotopic (exact) mass is 420 g/mol. The predicted molar refractivity (Wildman–Crippen MR) is 117 cm³/mol. The Bertz CT molecular complexity index is 1310. The van der Waals surface area contributed by atoms with Crippen LogP contribution in [-0.2, 0) is 10.0 Å². The summed E-state index contributed by atoms with van der Waals surface area (Å²) in [7, 11) is -4.11. The van der Waals surface area contributed by atoms with Crippen molar-refractivity contribution in [2.75, 3.05) is 11.9 Å². The third-order valence-corrected chi connectivity index (χ3v) is 6.00. The second kappa shape index (κ2) is 8.04. The van der Waals surface area contributed by atoms with Gasteiger partial charge in [0.2, 0.25) is 0 Å². The molecule has 152 valence electrons. The molecule has 1 aromatic heterocycles. The molecule has 0 radical (unpaired) electrons. The molecule has 0 unspecified atom stereocenters. The Hall–Kier alpha value is -3.58. The van der Waals surface area contributed by atoms with Crippen LogP contribution in [0.15, 0.2) is 88.2 Å². The Labute approximate surface area is 174 Å². The maximum Gasteiger partial charge on any atom is 0.300 e. The van der Waals surface area contributed by atoms with E-state index in [1.807, 2.05) is 49.4 Å². The van der Waals surface area contributed by atoms with Crippen LogP contribution in [0, 0.1) is 0 Å². The summed E-state index contributed by atoms with van der Waals surface area (Å²) in [5.74, 6) is -0.890. The van der Waals surface area contributed by atoms with Crippen molar-refractivity contribution in [1.29, 1.82) is 0 Å². The molecule has 0 atom stereocenters. The zero-order valence-electron chi connectivity index (χ0n) is 16.3. The van der Waals surface area contributed by atoms with Gasteiger partial charge in [-0.25, -0.2) is 13.1 Å². The van der Waals surface area contributed by atoms with Gasteiger partial charge in [0.05, 0.1) is 4.90 Å². The number of furan rings is 1. The van der Waals surface area contributed by atoms with Crippen LogP contribution in [0.4, 0.5) is 5.69 Å². The van der Waals surface area contributed by atoms with Gasteiger partial charge in [-0.05, 0) is 36.8 Å². The number of nitrogens with one attached hydrogen (secondary N) is 2. The molecule has 30 heavy (non-hydrogen) atoms. The number of benzene rings is 3. The fraction of sp³-hybridized carbons (Fsp3) is 0.0870. The van der Waals surface area contributed by atoms with E-state index in [0.29, 0.717) is 16.5 Å². The van der Waals surface area contributed by atoms with Crippen molar-refractivity contribution >= 4 is 32.6 Å². The molecule has 0 aliphatic heterocycles. The Balaban J connectivity index is 1.64. The van der Waals surface area contributed by atoms with Crippen molar-refractivity contribution in [2.24, 2.45) is 0 Å². The first-order valence-electron chi connectivity index (χ1n) is 9.47. The van der Waals surface area contributed by atoms with E-state index in [1.54, 1.807) is 24.3 Å². The molecule has 0 spiro atoms. The molecule has 0 aliphatic rings. The van der Waals surface area contributed by atoms with Crippen molar-refractivity contribution in [3.8, 4) is 11.1 Å². The lowest BCUT2D eigenvalue weighted by Gasteiger charge is -2.11. The second-order valence-corrected chi connectivity index (χ2v) is 8.34. The maximum absolute atomic E-state index is 13.0. The molecule has 1 amide bonds. The molecule has 7 heteroatoms. The lowest BCUT2D eigenvalue weighted by atomic mass is 10.1. The molecule has 2 N–H and O–H groups in total. The van der Waals surface area contributed by atoms with Crippen molar-refractivity contribution in [2.45, 2.75) is 11.8 Å². The van der Waals surface area contributed by atoms with E-state index in [-0.39, 0.29) is 10.7 Å². The summed E-state index contributed by atoms with van der Waals surface area (Å²) < 4.78 is 33.7. The fourth-order valence-electron chi connectivity index (χ4n) is 3.24.